The van der Waals surface area contributed by atoms with Crippen molar-refractivity contribution < 1.29 is 22.8 Å². The number of alkyl halides is 3. The highest BCUT2D eigenvalue weighted by atomic mass is 35.5. The molecule has 2 rings (SSSR count). The fourth-order valence-electron chi connectivity index (χ4n) is 3.28. The minimum atomic E-state index is -4.30. The molecule has 2 atom stereocenters. The molecule has 1 aliphatic carbocycles. The Morgan fingerprint density at radius 2 is 1.85 bits per heavy atom. The first kappa shape index (κ1) is 21.8. The minimum absolute atomic E-state index is 0.0465. The zero-order valence-corrected chi connectivity index (χ0v) is 16.3. The van der Waals surface area contributed by atoms with Crippen molar-refractivity contribution in [2.75, 3.05) is 18.4 Å². The number of halogens is 5. The number of hydrogen-bond donors (Lipinski definition) is 1. The first-order valence-electron chi connectivity index (χ1n) is 8.72. The zero-order chi connectivity index (χ0) is 20.2. The van der Waals surface area contributed by atoms with Crippen LogP contribution in [0.15, 0.2) is 18.2 Å². The van der Waals surface area contributed by atoms with Crippen LogP contribution in [0.4, 0.5) is 18.9 Å². The van der Waals surface area contributed by atoms with Gasteiger partial charge in [0.05, 0.1) is 28.2 Å². The Morgan fingerprint density at radius 3 is 2.41 bits per heavy atom. The largest absolute Gasteiger partial charge is 0.391 e. The van der Waals surface area contributed by atoms with Crippen molar-refractivity contribution in [2.24, 2.45) is 11.8 Å². The van der Waals surface area contributed by atoms with Gasteiger partial charge in [-0.15, -0.1) is 0 Å². The van der Waals surface area contributed by atoms with Crippen molar-refractivity contribution in [3.05, 3.63) is 28.2 Å². The third-order valence-corrected chi connectivity index (χ3v) is 5.37. The van der Waals surface area contributed by atoms with Gasteiger partial charge >= 0.3 is 6.18 Å². The summed E-state index contributed by atoms with van der Waals surface area (Å²) in [6.07, 6.45) is -3.73. The van der Waals surface area contributed by atoms with Crippen molar-refractivity contribution in [3.8, 4) is 0 Å². The SMILES string of the molecule is CCN(CC(=O)Nc1c(Cl)cccc1Cl)C(=O)[C@@H]1CCC[C@H](C(F)(F)F)C1. The van der Waals surface area contributed by atoms with Crippen molar-refractivity contribution in [2.45, 2.75) is 38.8 Å². The molecule has 1 N–H and O–H groups in total. The van der Waals surface area contributed by atoms with Crippen LogP contribution in [-0.2, 0) is 9.59 Å². The Labute approximate surface area is 166 Å². The van der Waals surface area contributed by atoms with Gasteiger partial charge in [-0.1, -0.05) is 35.7 Å². The van der Waals surface area contributed by atoms with Gasteiger partial charge in [0, 0.05) is 12.5 Å². The number of carbonyl (C=O) groups excluding carboxylic acids is 2. The number of nitrogens with one attached hydrogen (secondary N) is 1. The fourth-order valence-corrected chi connectivity index (χ4v) is 3.78. The molecule has 1 fully saturated rings. The molecule has 0 unspecified atom stereocenters. The molecule has 1 aromatic carbocycles. The van der Waals surface area contributed by atoms with E-state index in [1.54, 1.807) is 25.1 Å². The maximum Gasteiger partial charge on any atom is 0.391 e. The summed E-state index contributed by atoms with van der Waals surface area (Å²) in [4.78, 5) is 26.2. The van der Waals surface area contributed by atoms with E-state index in [0.717, 1.165) is 0 Å². The highest BCUT2D eigenvalue weighted by Gasteiger charge is 2.44. The Kier molecular flexibility index (Phi) is 7.40. The molecule has 1 aromatic rings. The Bertz CT molecular complexity index is 677. The van der Waals surface area contributed by atoms with Crippen LogP contribution in [0.5, 0.6) is 0 Å². The first-order valence-corrected chi connectivity index (χ1v) is 9.48. The summed E-state index contributed by atoms with van der Waals surface area (Å²) in [5.74, 6) is -3.12. The Hall–Kier alpha value is -1.47. The molecule has 0 aliphatic heterocycles. The van der Waals surface area contributed by atoms with Gasteiger partial charge in [0.25, 0.3) is 0 Å². The number of para-hydroxylation sites is 1. The van der Waals surface area contributed by atoms with E-state index in [2.05, 4.69) is 5.32 Å². The molecule has 1 aliphatic rings. The average Bonchev–Trinajstić information content (AvgIpc) is 2.61. The molecular formula is C18H21Cl2F3N2O2. The van der Waals surface area contributed by atoms with Gasteiger partial charge in [-0.25, -0.2) is 0 Å². The summed E-state index contributed by atoms with van der Waals surface area (Å²) >= 11 is 12.0. The third kappa shape index (κ3) is 5.75. The van der Waals surface area contributed by atoms with Gasteiger partial charge < -0.3 is 10.2 Å². The lowest BCUT2D eigenvalue weighted by Crippen LogP contribution is -2.43. The Morgan fingerprint density at radius 1 is 1.22 bits per heavy atom. The predicted molar refractivity (Wildman–Crippen MR) is 98.8 cm³/mol. The molecule has 4 nitrogen and oxygen atoms in total. The molecule has 150 valence electrons. The van der Waals surface area contributed by atoms with Crippen molar-refractivity contribution >= 4 is 40.7 Å². The second-order valence-corrected chi connectivity index (χ2v) is 7.41. The normalized spacial score (nSPS) is 20.2. The number of hydrogen-bond acceptors (Lipinski definition) is 2. The van der Waals surface area contributed by atoms with Crippen LogP contribution in [0.3, 0.4) is 0 Å². The maximum absolute atomic E-state index is 13.0. The van der Waals surface area contributed by atoms with Gasteiger partial charge in [0.1, 0.15) is 0 Å². The molecule has 1 saturated carbocycles. The summed E-state index contributed by atoms with van der Waals surface area (Å²) in [5, 5.41) is 3.07. The van der Waals surface area contributed by atoms with E-state index in [-0.39, 0.29) is 41.7 Å². The van der Waals surface area contributed by atoms with Crippen molar-refractivity contribution in [3.63, 3.8) is 0 Å². The summed E-state index contributed by atoms with van der Waals surface area (Å²) in [7, 11) is 0. The lowest BCUT2D eigenvalue weighted by atomic mass is 9.80. The number of benzene rings is 1. The number of likely N-dealkylation sites (N-methyl/N-ethyl adjacent to an activating group) is 1. The van der Waals surface area contributed by atoms with E-state index in [1.165, 1.54) is 4.90 Å². The molecule has 0 radical (unpaired) electrons. The number of rotatable bonds is 5. The van der Waals surface area contributed by atoms with Crippen LogP contribution in [0, 0.1) is 11.8 Å². The number of amides is 2. The first-order chi connectivity index (χ1) is 12.6. The maximum atomic E-state index is 13.0. The number of carbonyl (C=O) groups is 2. The van der Waals surface area contributed by atoms with Gasteiger partial charge in [0.2, 0.25) is 11.8 Å². The molecule has 9 heteroatoms. The molecule has 0 heterocycles. The smallest absolute Gasteiger partial charge is 0.333 e. The second kappa shape index (κ2) is 9.15. The van der Waals surface area contributed by atoms with Crippen LogP contribution in [-0.4, -0.2) is 36.0 Å². The fraction of sp³-hybridized carbons (Fsp3) is 0.556. The lowest BCUT2D eigenvalue weighted by molar-refractivity contribution is -0.187. The quantitative estimate of drug-likeness (QED) is 0.710. The molecule has 0 saturated heterocycles. The number of anilines is 1. The van der Waals surface area contributed by atoms with E-state index >= 15 is 0 Å². The summed E-state index contributed by atoms with van der Waals surface area (Å²) < 4.78 is 38.9. The highest BCUT2D eigenvalue weighted by Crippen LogP contribution is 2.40. The zero-order valence-electron chi connectivity index (χ0n) is 14.8. The van der Waals surface area contributed by atoms with E-state index < -0.39 is 29.8 Å². The Balaban J connectivity index is 2.01. The van der Waals surface area contributed by atoms with Crippen LogP contribution >= 0.6 is 23.2 Å². The van der Waals surface area contributed by atoms with E-state index in [4.69, 9.17) is 23.2 Å². The van der Waals surface area contributed by atoms with Crippen LogP contribution in [0.2, 0.25) is 10.0 Å². The van der Waals surface area contributed by atoms with Gasteiger partial charge in [-0.2, -0.15) is 13.2 Å². The molecule has 0 spiro atoms. The van der Waals surface area contributed by atoms with E-state index in [1.807, 2.05) is 0 Å². The molecule has 0 bridgehead atoms. The van der Waals surface area contributed by atoms with Gasteiger partial charge in [-0.3, -0.25) is 9.59 Å². The topological polar surface area (TPSA) is 49.4 Å². The summed E-state index contributed by atoms with van der Waals surface area (Å²) in [6, 6.07) is 4.75. The van der Waals surface area contributed by atoms with Gasteiger partial charge in [-0.05, 0) is 38.3 Å². The minimum Gasteiger partial charge on any atom is -0.333 e. The van der Waals surface area contributed by atoms with Gasteiger partial charge in [0.15, 0.2) is 0 Å². The number of nitrogens with zero attached hydrogens (tertiary/aromatic N) is 1. The van der Waals surface area contributed by atoms with Crippen molar-refractivity contribution in [1.82, 2.24) is 4.90 Å². The van der Waals surface area contributed by atoms with Crippen molar-refractivity contribution in [1.29, 1.82) is 0 Å². The predicted octanol–water partition coefficient (Wildman–Crippen LogP) is 5.15. The van der Waals surface area contributed by atoms with Crippen LogP contribution in [0.1, 0.15) is 32.6 Å². The molecule has 2 amide bonds. The van der Waals surface area contributed by atoms with Crippen LogP contribution in [0.25, 0.3) is 0 Å². The summed E-state index contributed by atoms with van der Waals surface area (Å²) in [6.45, 7) is 1.62. The third-order valence-electron chi connectivity index (χ3n) is 4.74. The van der Waals surface area contributed by atoms with Crippen LogP contribution < -0.4 is 5.32 Å². The standard InChI is InChI=1S/C18H21Cl2F3N2O2/c1-2-25(10-15(26)24-16-13(19)7-4-8-14(16)20)17(27)11-5-3-6-12(9-11)18(21,22)23/h4,7-8,11-12H,2-3,5-6,9-10H2,1H3,(H,24,26)/t11-,12+/m1/s1. The molecule has 27 heavy (non-hydrogen) atoms. The molecule has 0 aromatic heterocycles. The average molecular weight is 425 g/mol. The lowest BCUT2D eigenvalue weighted by Gasteiger charge is -2.33. The van der Waals surface area contributed by atoms with E-state index in [9.17, 15) is 22.8 Å². The highest BCUT2D eigenvalue weighted by molar-refractivity contribution is 6.39. The monoisotopic (exact) mass is 424 g/mol. The second-order valence-electron chi connectivity index (χ2n) is 6.60. The summed E-state index contributed by atoms with van der Waals surface area (Å²) in [5.41, 5.74) is 0.240. The van der Waals surface area contributed by atoms with E-state index in [0.29, 0.717) is 12.8 Å². The molecular weight excluding hydrogens is 404 g/mol.